The van der Waals surface area contributed by atoms with Crippen molar-refractivity contribution in [2.45, 2.75) is 27.2 Å². The third-order valence-corrected chi connectivity index (χ3v) is 2.54. The van der Waals surface area contributed by atoms with E-state index in [1.807, 2.05) is 13.8 Å². The highest BCUT2D eigenvalue weighted by Crippen LogP contribution is 2.06. The van der Waals surface area contributed by atoms with Crippen molar-refractivity contribution in [1.29, 1.82) is 0 Å². The fourth-order valence-electron chi connectivity index (χ4n) is 1.62. The lowest BCUT2D eigenvalue weighted by Gasteiger charge is -2.06. The predicted molar refractivity (Wildman–Crippen MR) is 76.2 cm³/mol. The van der Waals surface area contributed by atoms with Gasteiger partial charge in [-0.05, 0) is 26.3 Å². The van der Waals surface area contributed by atoms with E-state index in [2.05, 4.69) is 47.8 Å². The molecule has 1 aromatic rings. The first-order chi connectivity index (χ1) is 8.02. The van der Waals surface area contributed by atoms with Gasteiger partial charge in [-0.3, -0.25) is 9.98 Å². The van der Waals surface area contributed by atoms with E-state index in [-0.39, 0.29) is 0 Å². The van der Waals surface area contributed by atoms with Gasteiger partial charge in [-0.1, -0.05) is 36.4 Å². The van der Waals surface area contributed by atoms with Crippen LogP contribution in [-0.2, 0) is 6.42 Å². The van der Waals surface area contributed by atoms with E-state index in [9.17, 15) is 0 Å². The van der Waals surface area contributed by atoms with Crippen LogP contribution < -0.4 is 0 Å². The Kier molecular flexibility index (Phi) is 4.83. The van der Waals surface area contributed by atoms with Gasteiger partial charge in [-0.2, -0.15) is 0 Å². The average molecular weight is 228 g/mol. The first kappa shape index (κ1) is 13.4. The van der Waals surface area contributed by atoms with Crippen molar-refractivity contribution in [3.05, 3.63) is 47.7 Å². The molecule has 0 N–H and O–H groups in total. The molecule has 0 saturated carbocycles. The standard InChI is InChI=1S/C15H20N2/c1-11(2)17-13(4)15(16-5)10-14-8-6-12(3)7-9-14/h6-9H,1,10H2,2-5H3. The van der Waals surface area contributed by atoms with E-state index in [0.717, 1.165) is 23.5 Å². The second kappa shape index (κ2) is 6.14. The molecule has 2 nitrogen and oxygen atoms in total. The molecular formula is C15H20N2. The summed E-state index contributed by atoms with van der Waals surface area (Å²) in [6, 6.07) is 8.50. The number of allylic oxidation sites excluding steroid dienone is 1. The molecule has 0 aliphatic carbocycles. The van der Waals surface area contributed by atoms with E-state index in [1.165, 1.54) is 11.1 Å². The molecule has 0 aliphatic heterocycles. The van der Waals surface area contributed by atoms with Crippen molar-refractivity contribution in [1.82, 2.24) is 0 Å². The molecule has 0 fully saturated rings. The highest BCUT2D eigenvalue weighted by Gasteiger charge is 2.04. The van der Waals surface area contributed by atoms with Crippen molar-refractivity contribution in [2.75, 3.05) is 7.05 Å². The van der Waals surface area contributed by atoms with Gasteiger partial charge in [0.05, 0.1) is 11.4 Å². The molecule has 0 saturated heterocycles. The SMILES string of the molecule is C=C(C)N=C(C)C(Cc1ccc(C)cc1)=NC. The van der Waals surface area contributed by atoms with Gasteiger partial charge in [0.2, 0.25) is 0 Å². The molecule has 0 atom stereocenters. The van der Waals surface area contributed by atoms with E-state index in [4.69, 9.17) is 0 Å². The van der Waals surface area contributed by atoms with E-state index in [0.29, 0.717) is 0 Å². The van der Waals surface area contributed by atoms with Crippen molar-refractivity contribution >= 4 is 11.4 Å². The predicted octanol–water partition coefficient (Wildman–Crippen LogP) is 3.60. The Labute approximate surface area is 104 Å². The van der Waals surface area contributed by atoms with Crippen LogP contribution >= 0.6 is 0 Å². The van der Waals surface area contributed by atoms with Crippen LogP contribution in [0.15, 0.2) is 46.5 Å². The molecule has 1 aromatic carbocycles. The molecule has 0 spiro atoms. The number of rotatable bonds is 4. The van der Waals surface area contributed by atoms with E-state index < -0.39 is 0 Å². The van der Waals surface area contributed by atoms with Gasteiger partial charge in [0, 0.05) is 19.2 Å². The Balaban J connectivity index is 2.85. The van der Waals surface area contributed by atoms with Crippen molar-refractivity contribution < 1.29 is 0 Å². The van der Waals surface area contributed by atoms with Crippen LogP contribution in [0.4, 0.5) is 0 Å². The largest absolute Gasteiger partial charge is 0.291 e. The van der Waals surface area contributed by atoms with E-state index >= 15 is 0 Å². The van der Waals surface area contributed by atoms with Crippen LogP contribution in [0.2, 0.25) is 0 Å². The minimum atomic E-state index is 0.813. The highest BCUT2D eigenvalue weighted by molar-refractivity contribution is 6.42. The maximum atomic E-state index is 4.35. The van der Waals surface area contributed by atoms with Gasteiger partial charge in [0.25, 0.3) is 0 Å². The summed E-state index contributed by atoms with van der Waals surface area (Å²) in [5.74, 6) is 0. The molecule has 0 unspecified atom stereocenters. The number of hydrogen-bond acceptors (Lipinski definition) is 2. The maximum absolute atomic E-state index is 4.35. The number of nitrogens with zero attached hydrogens (tertiary/aromatic N) is 2. The number of hydrogen-bond donors (Lipinski definition) is 0. The Morgan fingerprint density at radius 3 is 2.24 bits per heavy atom. The summed E-state index contributed by atoms with van der Waals surface area (Å²) >= 11 is 0. The van der Waals surface area contributed by atoms with Gasteiger partial charge in [-0.25, -0.2) is 0 Å². The number of aliphatic imine (C=N–C) groups is 2. The second-order valence-corrected chi connectivity index (χ2v) is 4.27. The summed E-state index contributed by atoms with van der Waals surface area (Å²) in [6.45, 7) is 9.75. The van der Waals surface area contributed by atoms with Crippen molar-refractivity contribution in [3.8, 4) is 0 Å². The maximum Gasteiger partial charge on any atom is 0.0600 e. The fourth-order valence-corrected chi connectivity index (χ4v) is 1.62. The van der Waals surface area contributed by atoms with Gasteiger partial charge in [-0.15, -0.1) is 0 Å². The average Bonchev–Trinajstić information content (AvgIpc) is 2.27. The molecular weight excluding hydrogens is 208 g/mol. The van der Waals surface area contributed by atoms with Crippen LogP contribution in [0.3, 0.4) is 0 Å². The Morgan fingerprint density at radius 1 is 1.18 bits per heavy atom. The van der Waals surface area contributed by atoms with Gasteiger partial charge < -0.3 is 0 Å². The third kappa shape index (κ3) is 4.35. The summed E-state index contributed by atoms with van der Waals surface area (Å²) in [5.41, 5.74) is 5.30. The molecule has 0 aromatic heterocycles. The molecule has 17 heavy (non-hydrogen) atoms. The molecule has 0 aliphatic rings. The lowest BCUT2D eigenvalue weighted by Crippen LogP contribution is -2.14. The summed E-state index contributed by atoms with van der Waals surface area (Å²) in [5, 5.41) is 0. The summed E-state index contributed by atoms with van der Waals surface area (Å²) in [7, 11) is 1.81. The second-order valence-electron chi connectivity index (χ2n) is 4.27. The smallest absolute Gasteiger partial charge is 0.0600 e. The topological polar surface area (TPSA) is 24.7 Å². The molecule has 1 rings (SSSR count). The molecule has 2 heteroatoms. The molecule has 0 radical (unpaired) electrons. The molecule has 0 heterocycles. The zero-order valence-corrected chi connectivity index (χ0v) is 11.1. The van der Waals surface area contributed by atoms with Gasteiger partial charge in [0.1, 0.15) is 0 Å². The van der Waals surface area contributed by atoms with Crippen molar-refractivity contribution in [2.24, 2.45) is 9.98 Å². The monoisotopic (exact) mass is 228 g/mol. The molecule has 90 valence electrons. The first-order valence-corrected chi connectivity index (χ1v) is 5.75. The Hall–Kier alpha value is -1.70. The zero-order valence-electron chi connectivity index (χ0n) is 11.1. The van der Waals surface area contributed by atoms with E-state index in [1.54, 1.807) is 7.05 Å². The summed E-state index contributed by atoms with van der Waals surface area (Å²) < 4.78 is 0. The van der Waals surface area contributed by atoms with Crippen LogP contribution in [0, 0.1) is 6.92 Å². The summed E-state index contributed by atoms with van der Waals surface area (Å²) in [6.07, 6.45) is 0.819. The minimum absolute atomic E-state index is 0.813. The lowest BCUT2D eigenvalue weighted by molar-refractivity contribution is 1.27. The minimum Gasteiger partial charge on any atom is -0.291 e. The highest BCUT2D eigenvalue weighted by atomic mass is 14.8. The van der Waals surface area contributed by atoms with Crippen LogP contribution in [0.1, 0.15) is 25.0 Å². The lowest BCUT2D eigenvalue weighted by atomic mass is 10.0. The molecule has 0 amide bonds. The third-order valence-electron chi connectivity index (χ3n) is 2.54. The van der Waals surface area contributed by atoms with Gasteiger partial charge in [0.15, 0.2) is 0 Å². The molecule has 0 bridgehead atoms. The van der Waals surface area contributed by atoms with Crippen LogP contribution in [-0.4, -0.2) is 18.5 Å². The zero-order chi connectivity index (χ0) is 12.8. The number of benzene rings is 1. The van der Waals surface area contributed by atoms with Crippen LogP contribution in [0.25, 0.3) is 0 Å². The quantitative estimate of drug-likeness (QED) is 0.703. The fraction of sp³-hybridized carbons (Fsp3) is 0.333. The first-order valence-electron chi connectivity index (χ1n) is 5.75. The summed E-state index contributed by atoms with van der Waals surface area (Å²) in [4.78, 5) is 8.66. The van der Waals surface area contributed by atoms with Crippen LogP contribution in [0.5, 0.6) is 0 Å². The van der Waals surface area contributed by atoms with Crippen molar-refractivity contribution in [3.63, 3.8) is 0 Å². The normalized spacial score (nSPS) is 12.7. The Morgan fingerprint density at radius 2 is 1.76 bits per heavy atom. The Bertz CT molecular complexity index is 450. The van der Waals surface area contributed by atoms with Gasteiger partial charge >= 0.3 is 0 Å². The number of aryl methyl sites for hydroxylation is 1.